The quantitative estimate of drug-likeness (QED) is 0.693. The topological polar surface area (TPSA) is 59.2 Å². The van der Waals surface area contributed by atoms with Gasteiger partial charge in [-0.1, -0.05) is 36.3 Å². The Balaban J connectivity index is 1.54. The zero-order valence-electron chi connectivity index (χ0n) is 15.3. The lowest BCUT2D eigenvalue weighted by Gasteiger charge is -2.18. The molecule has 1 aliphatic rings. The highest BCUT2D eigenvalue weighted by atomic mass is 19.1. The van der Waals surface area contributed by atoms with Crippen molar-refractivity contribution in [2.24, 2.45) is 0 Å². The van der Waals surface area contributed by atoms with Crippen LogP contribution in [0.15, 0.2) is 47.0 Å². The second kappa shape index (κ2) is 6.95. The molecule has 6 heteroatoms. The van der Waals surface area contributed by atoms with Crippen molar-refractivity contribution in [2.75, 3.05) is 11.4 Å². The molecule has 27 heavy (non-hydrogen) atoms. The van der Waals surface area contributed by atoms with E-state index in [9.17, 15) is 9.18 Å². The van der Waals surface area contributed by atoms with E-state index in [2.05, 4.69) is 17.1 Å². The molecule has 0 radical (unpaired) electrons. The number of halogens is 1. The molecule has 0 spiro atoms. The molecule has 1 saturated heterocycles. The monoisotopic (exact) mass is 365 g/mol. The van der Waals surface area contributed by atoms with Crippen molar-refractivity contribution in [3.05, 3.63) is 65.3 Å². The van der Waals surface area contributed by atoms with E-state index >= 15 is 0 Å². The van der Waals surface area contributed by atoms with Gasteiger partial charge in [0.05, 0.1) is 5.92 Å². The van der Waals surface area contributed by atoms with Crippen LogP contribution in [0.1, 0.15) is 36.3 Å². The van der Waals surface area contributed by atoms with Crippen LogP contribution in [0.5, 0.6) is 0 Å². The number of benzene rings is 2. The summed E-state index contributed by atoms with van der Waals surface area (Å²) < 4.78 is 18.8. The molecule has 4 rings (SSSR count). The van der Waals surface area contributed by atoms with Gasteiger partial charge < -0.3 is 9.42 Å². The van der Waals surface area contributed by atoms with Gasteiger partial charge in [-0.25, -0.2) is 4.39 Å². The lowest BCUT2D eigenvalue weighted by Crippen LogP contribution is -2.25. The lowest BCUT2D eigenvalue weighted by atomic mass is 10.1. The van der Waals surface area contributed by atoms with Crippen molar-refractivity contribution in [2.45, 2.75) is 32.6 Å². The predicted octanol–water partition coefficient (Wildman–Crippen LogP) is 4.27. The van der Waals surface area contributed by atoms with Crippen molar-refractivity contribution < 1.29 is 13.7 Å². The summed E-state index contributed by atoms with van der Waals surface area (Å²) in [7, 11) is 0. The number of aryl methyl sites for hydroxylation is 2. The molecule has 1 aliphatic heterocycles. The van der Waals surface area contributed by atoms with E-state index in [1.54, 1.807) is 17.9 Å². The molecule has 2 heterocycles. The minimum Gasteiger partial charge on any atom is -0.339 e. The van der Waals surface area contributed by atoms with E-state index in [1.807, 2.05) is 24.3 Å². The predicted molar refractivity (Wildman–Crippen MR) is 100.0 cm³/mol. The van der Waals surface area contributed by atoms with E-state index in [0.29, 0.717) is 24.7 Å². The highest BCUT2D eigenvalue weighted by molar-refractivity contribution is 5.97. The molecular weight excluding hydrogens is 345 g/mol. The number of rotatable bonds is 4. The smallest absolute Gasteiger partial charge is 0.232 e. The molecule has 1 amide bonds. The molecule has 5 nitrogen and oxygen atoms in total. The maximum atomic E-state index is 13.3. The SMILES string of the molecule is CCc1ccc(-c2noc(C3CC(=O)N(c4ccc(F)cc4C)C3)n2)cc1. The first-order chi connectivity index (χ1) is 13.0. The maximum absolute atomic E-state index is 13.3. The number of carbonyl (C=O) groups excluding carboxylic acids is 1. The molecular formula is C21H20FN3O2. The van der Waals surface area contributed by atoms with E-state index < -0.39 is 0 Å². The van der Waals surface area contributed by atoms with Gasteiger partial charge in [-0.2, -0.15) is 4.98 Å². The Morgan fingerprint density at radius 2 is 2.00 bits per heavy atom. The number of amides is 1. The van der Waals surface area contributed by atoms with E-state index in [1.165, 1.54) is 17.7 Å². The summed E-state index contributed by atoms with van der Waals surface area (Å²) in [4.78, 5) is 18.7. The second-order valence-electron chi connectivity index (χ2n) is 6.84. The molecule has 2 aromatic carbocycles. The van der Waals surface area contributed by atoms with E-state index in [4.69, 9.17) is 4.52 Å². The van der Waals surface area contributed by atoms with E-state index in [0.717, 1.165) is 23.2 Å². The van der Waals surface area contributed by atoms with Crippen molar-refractivity contribution in [3.8, 4) is 11.4 Å². The Kier molecular flexibility index (Phi) is 4.48. The number of anilines is 1. The minimum absolute atomic E-state index is 0.0262. The minimum atomic E-state index is -0.310. The summed E-state index contributed by atoms with van der Waals surface area (Å²) in [6.07, 6.45) is 1.27. The van der Waals surface area contributed by atoms with Crippen molar-refractivity contribution in [3.63, 3.8) is 0 Å². The van der Waals surface area contributed by atoms with Crippen LogP contribution in [0.25, 0.3) is 11.4 Å². The molecule has 3 aromatic rings. The van der Waals surface area contributed by atoms with Crippen LogP contribution in [0.4, 0.5) is 10.1 Å². The van der Waals surface area contributed by atoms with Gasteiger partial charge >= 0.3 is 0 Å². The average molecular weight is 365 g/mol. The molecule has 0 saturated carbocycles. The zero-order valence-corrected chi connectivity index (χ0v) is 15.3. The van der Waals surface area contributed by atoms with Gasteiger partial charge in [-0.15, -0.1) is 0 Å². The van der Waals surface area contributed by atoms with Gasteiger partial charge in [-0.3, -0.25) is 4.79 Å². The third-order valence-electron chi connectivity index (χ3n) is 4.99. The Bertz CT molecular complexity index is 981. The Morgan fingerprint density at radius 1 is 1.22 bits per heavy atom. The third kappa shape index (κ3) is 3.35. The van der Waals surface area contributed by atoms with Crippen LogP contribution in [0.2, 0.25) is 0 Å². The molecule has 0 N–H and O–H groups in total. The van der Waals surface area contributed by atoms with Gasteiger partial charge in [0.2, 0.25) is 17.6 Å². The van der Waals surface area contributed by atoms with Gasteiger partial charge in [0.1, 0.15) is 5.82 Å². The summed E-state index contributed by atoms with van der Waals surface area (Å²) in [6.45, 7) is 4.35. The number of hydrogen-bond acceptors (Lipinski definition) is 4. The van der Waals surface area contributed by atoms with Crippen LogP contribution in [-0.4, -0.2) is 22.6 Å². The van der Waals surface area contributed by atoms with Crippen LogP contribution in [-0.2, 0) is 11.2 Å². The average Bonchev–Trinajstić information content (AvgIpc) is 3.29. The normalized spacial score (nSPS) is 16.9. The summed E-state index contributed by atoms with van der Waals surface area (Å²) in [5.41, 5.74) is 3.58. The van der Waals surface area contributed by atoms with Gasteiger partial charge in [-0.05, 0) is 42.7 Å². The van der Waals surface area contributed by atoms with Crippen LogP contribution in [0.3, 0.4) is 0 Å². The summed E-state index contributed by atoms with van der Waals surface area (Å²) in [6, 6.07) is 12.5. The molecule has 1 fully saturated rings. The number of nitrogens with zero attached hydrogens (tertiary/aromatic N) is 3. The molecule has 1 aromatic heterocycles. The van der Waals surface area contributed by atoms with E-state index in [-0.39, 0.29) is 17.6 Å². The van der Waals surface area contributed by atoms with Gasteiger partial charge in [0, 0.05) is 24.2 Å². The fraction of sp³-hybridized carbons (Fsp3) is 0.286. The van der Waals surface area contributed by atoms with Crippen molar-refractivity contribution >= 4 is 11.6 Å². The standard InChI is InChI=1S/C21H20FN3O2/c1-3-14-4-6-15(7-5-14)20-23-21(27-24-20)16-11-19(26)25(12-16)18-9-8-17(22)10-13(18)2/h4-10,16H,3,11-12H2,1-2H3. The maximum Gasteiger partial charge on any atom is 0.232 e. The molecule has 1 atom stereocenters. The Labute approximate surface area is 156 Å². The highest BCUT2D eigenvalue weighted by Gasteiger charge is 2.35. The fourth-order valence-corrected chi connectivity index (χ4v) is 3.44. The highest BCUT2D eigenvalue weighted by Crippen LogP contribution is 2.33. The molecule has 1 unspecified atom stereocenters. The third-order valence-corrected chi connectivity index (χ3v) is 4.99. The number of hydrogen-bond donors (Lipinski definition) is 0. The van der Waals surface area contributed by atoms with Crippen LogP contribution in [0, 0.1) is 12.7 Å². The lowest BCUT2D eigenvalue weighted by molar-refractivity contribution is -0.117. The molecule has 0 bridgehead atoms. The van der Waals surface area contributed by atoms with Crippen molar-refractivity contribution in [1.82, 2.24) is 10.1 Å². The van der Waals surface area contributed by atoms with Crippen molar-refractivity contribution in [1.29, 1.82) is 0 Å². The summed E-state index contributed by atoms with van der Waals surface area (Å²) >= 11 is 0. The van der Waals surface area contributed by atoms with Gasteiger partial charge in [0.25, 0.3) is 0 Å². The zero-order chi connectivity index (χ0) is 19.0. The fourth-order valence-electron chi connectivity index (χ4n) is 3.44. The number of carbonyl (C=O) groups is 1. The number of aromatic nitrogens is 2. The summed E-state index contributed by atoms with van der Waals surface area (Å²) in [5.74, 6) is 0.478. The van der Waals surface area contributed by atoms with Gasteiger partial charge in [0.15, 0.2) is 0 Å². The van der Waals surface area contributed by atoms with Crippen LogP contribution < -0.4 is 4.90 Å². The second-order valence-corrected chi connectivity index (χ2v) is 6.84. The first kappa shape index (κ1) is 17.4. The largest absolute Gasteiger partial charge is 0.339 e. The first-order valence-electron chi connectivity index (χ1n) is 9.04. The Morgan fingerprint density at radius 3 is 2.70 bits per heavy atom. The van der Waals surface area contributed by atoms with Crippen LogP contribution >= 0.6 is 0 Å². The molecule has 138 valence electrons. The first-order valence-corrected chi connectivity index (χ1v) is 9.04. The summed E-state index contributed by atoms with van der Waals surface area (Å²) in [5, 5.41) is 4.07. The molecule has 0 aliphatic carbocycles. The Hall–Kier alpha value is -3.02.